The van der Waals surface area contributed by atoms with Crippen LogP contribution in [0, 0.1) is 11.2 Å². The molecule has 3 amide bonds. The predicted molar refractivity (Wildman–Crippen MR) is 129 cm³/mol. The third-order valence-corrected chi connectivity index (χ3v) is 7.61. The molecule has 1 spiro atoms. The van der Waals surface area contributed by atoms with Gasteiger partial charge in [0.2, 0.25) is 23.2 Å². The number of piperidine rings is 1. The SMILES string of the molecule is C[C@@H]1CN2c3c(cc4c(-n5cc(C(=O)N(C)C)cn5)noc4c3F)CC3(C(=O)CC(=O)NC3=O)[C@H]2[C@H](C)O1. The van der Waals surface area contributed by atoms with Gasteiger partial charge in [-0.2, -0.15) is 5.10 Å². The van der Waals surface area contributed by atoms with E-state index in [-0.39, 0.29) is 47.5 Å². The second kappa shape index (κ2) is 8.18. The topological polar surface area (TPSA) is 140 Å². The van der Waals surface area contributed by atoms with E-state index in [1.54, 1.807) is 32.0 Å². The molecule has 2 fully saturated rings. The second-order valence-corrected chi connectivity index (χ2v) is 10.3. The van der Waals surface area contributed by atoms with Crippen molar-refractivity contribution >= 4 is 40.2 Å². The van der Waals surface area contributed by atoms with Crippen LogP contribution in [0.3, 0.4) is 0 Å². The highest BCUT2D eigenvalue weighted by Gasteiger charge is 2.62. The van der Waals surface area contributed by atoms with Crippen LogP contribution in [0.15, 0.2) is 23.0 Å². The Bertz CT molecular complexity index is 1520. The summed E-state index contributed by atoms with van der Waals surface area (Å²) in [5.74, 6) is -2.71. The largest absolute Gasteiger partial charge is 0.372 e. The van der Waals surface area contributed by atoms with Crippen LogP contribution < -0.4 is 10.2 Å². The summed E-state index contributed by atoms with van der Waals surface area (Å²) in [6, 6.07) is 0.806. The first kappa shape index (κ1) is 24.2. The van der Waals surface area contributed by atoms with Gasteiger partial charge in [0.25, 0.3) is 5.91 Å². The van der Waals surface area contributed by atoms with Crippen molar-refractivity contribution in [3.8, 4) is 5.82 Å². The van der Waals surface area contributed by atoms with Gasteiger partial charge < -0.3 is 19.1 Å². The molecule has 3 aliphatic rings. The number of anilines is 1. The molecule has 3 aliphatic heterocycles. The fourth-order valence-corrected chi connectivity index (χ4v) is 6.11. The molecule has 0 bridgehead atoms. The van der Waals surface area contributed by atoms with Crippen LogP contribution in [-0.4, -0.2) is 82.2 Å². The first-order chi connectivity index (χ1) is 18.0. The number of halogens is 1. The number of imide groups is 1. The van der Waals surface area contributed by atoms with Gasteiger partial charge in [-0.05, 0) is 31.9 Å². The van der Waals surface area contributed by atoms with E-state index in [0.29, 0.717) is 11.1 Å². The number of nitrogens with zero attached hydrogens (tertiary/aromatic N) is 5. The second-order valence-electron chi connectivity index (χ2n) is 10.3. The summed E-state index contributed by atoms with van der Waals surface area (Å²) in [6.45, 7) is 3.79. The first-order valence-electron chi connectivity index (χ1n) is 12.2. The van der Waals surface area contributed by atoms with Crippen molar-refractivity contribution < 1.29 is 32.8 Å². The number of ketones is 1. The van der Waals surface area contributed by atoms with Gasteiger partial charge in [0, 0.05) is 26.8 Å². The maximum atomic E-state index is 16.2. The molecule has 38 heavy (non-hydrogen) atoms. The lowest BCUT2D eigenvalue weighted by Gasteiger charge is -2.55. The highest BCUT2D eigenvalue weighted by Crippen LogP contribution is 2.50. The lowest BCUT2D eigenvalue weighted by Crippen LogP contribution is -2.72. The number of morpholine rings is 1. The molecule has 4 atom stereocenters. The van der Waals surface area contributed by atoms with Crippen molar-refractivity contribution in [2.24, 2.45) is 5.41 Å². The van der Waals surface area contributed by atoms with Crippen molar-refractivity contribution in [3.63, 3.8) is 0 Å². The molecule has 3 aromatic rings. The highest BCUT2D eigenvalue weighted by molar-refractivity contribution is 6.22. The maximum absolute atomic E-state index is 16.2. The van der Waals surface area contributed by atoms with E-state index in [4.69, 9.17) is 9.26 Å². The van der Waals surface area contributed by atoms with E-state index in [1.165, 1.54) is 22.0 Å². The molecule has 2 aromatic heterocycles. The fourth-order valence-electron chi connectivity index (χ4n) is 6.11. The minimum Gasteiger partial charge on any atom is -0.372 e. The van der Waals surface area contributed by atoms with E-state index in [9.17, 15) is 19.2 Å². The maximum Gasteiger partial charge on any atom is 0.256 e. The number of ether oxygens (including phenoxy) is 1. The summed E-state index contributed by atoms with van der Waals surface area (Å²) >= 11 is 0. The average molecular weight is 525 g/mol. The molecule has 1 unspecified atom stereocenters. The molecular weight excluding hydrogens is 499 g/mol. The molecule has 0 radical (unpaired) electrons. The van der Waals surface area contributed by atoms with Crippen LogP contribution in [-0.2, 0) is 25.5 Å². The fraction of sp³-hybridized carbons (Fsp3) is 0.440. The van der Waals surface area contributed by atoms with Crippen molar-refractivity contribution in [1.29, 1.82) is 0 Å². The van der Waals surface area contributed by atoms with Crippen LogP contribution >= 0.6 is 0 Å². The number of hydrogen-bond acceptors (Lipinski definition) is 9. The van der Waals surface area contributed by atoms with E-state index < -0.39 is 47.4 Å². The van der Waals surface area contributed by atoms with Gasteiger partial charge in [-0.3, -0.25) is 24.5 Å². The number of hydrogen-bond donors (Lipinski definition) is 1. The lowest BCUT2D eigenvalue weighted by atomic mass is 9.63. The molecular formula is C25H25FN6O6. The monoisotopic (exact) mass is 524 g/mol. The summed E-state index contributed by atoms with van der Waals surface area (Å²) < 4.78 is 28.9. The average Bonchev–Trinajstić information content (AvgIpc) is 3.48. The Balaban J connectivity index is 1.54. The van der Waals surface area contributed by atoms with E-state index in [0.717, 1.165) is 0 Å². The predicted octanol–water partition coefficient (Wildman–Crippen LogP) is 0.995. The molecule has 13 heteroatoms. The number of nitrogens with one attached hydrogen (secondary N) is 1. The number of rotatable bonds is 2. The number of benzene rings is 1. The Labute approximate surface area is 215 Å². The van der Waals surface area contributed by atoms with Gasteiger partial charge >= 0.3 is 0 Å². The zero-order chi connectivity index (χ0) is 27.1. The van der Waals surface area contributed by atoms with Crippen molar-refractivity contribution in [1.82, 2.24) is 25.2 Å². The third-order valence-electron chi connectivity index (χ3n) is 7.61. The van der Waals surface area contributed by atoms with Crippen LogP contribution in [0.25, 0.3) is 16.8 Å². The number of Topliss-reactive ketones (excluding diaryl/α,β-unsaturated/α-hetero) is 1. The normalized spacial score (nSPS) is 26.9. The van der Waals surface area contributed by atoms with Gasteiger partial charge in [0.15, 0.2) is 11.6 Å². The molecule has 2 saturated heterocycles. The van der Waals surface area contributed by atoms with Gasteiger partial charge in [0.1, 0.15) is 5.41 Å². The quantitative estimate of drug-likeness (QED) is 0.384. The summed E-state index contributed by atoms with van der Waals surface area (Å²) in [5, 5.41) is 10.8. The van der Waals surface area contributed by atoms with Gasteiger partial charge in [-0.25, -0.2) is 9.07 Å². The minimum atomic E-state index is -1.64. The number of carbonyl (C=O) groups excluding carboxylic acids is 4. The molecule has 6 rings (SSSR count). The highest BCUT2D eigenvalue weighted by atomic mass is 19.1. The molecule has 0 aliphatic carbocycles. The first-order valence-corrected chi connectivity index (χ1v) is 12.2. The van der Waals surface area contributed by atoms with Gasteiger partial charge in [-0.15, -0.1) is 0 Å². The van der Waals surface area contributed by atoms with Crippen molar-refractivity contribution in [2.45, 2.75) is 44.9 Å². The Morgan fingerprint density at radius 3 is 2.74 bits per heavy atom. The number of carbonyl (C=O) groups is 4. The molecule has 5 heterocycles. The summed E-state index contributed by atoms with van der Waals surface area (Å²) in [7, 11) is 3.22. The van der Waals surface area contributed by atoms with Gasteiger partial charge in [0.05, 0.1) is 47.5 Å². The van der Waals surface area contributed by atoms with Crippen LogP contribution in [0.1, 0.15) is 36.2 Å². The Hall–Kier alpha value is -4.13. The van der Waals surface area contributed by atoms with Crippen molar-refractivity contribution in [2.75, 3.05) is 25.5 Å². The zero-order valence-electron chi connectivity index (χ0n) is 21.1. The lowest BCUT2D eigenvalue weighted by molar-refractivity contribution is -0.158. The number of amides is 3. The van der Waals surface area contributed by atoms with E-state index in [2.05, 4.69) is 15.6 Å². The number of fused-ring (bicyclic) bond motifs is 5. The van der Waals surface area contributed by atoms with Crippen molar-refractivity contribution in [3.05, 3.63) is 35.4 Å². The summed E-state index contributed by atoms with van der Waals surface area (Å²) in [6.07, 6.45) is 1.33. The molecule has 1 N–H and O–H groups in total. The Morgan fingerprint density at radius 1 is 1.26 bits per heavy atom. The Morgan fingerprint density at radius 2 is 2.03 bits per heavy atom. The van der Waals surface area contributed by atoms with Crippen LogP contribution in [0.4, 0.5) is 10.1 Å². The van der Waals surface area contributed by atoms with Crippen LogP contribution in [0.2, 0.25) is 0 Å². The van der Waals surface area contributed by atoms with E-state index >= 15 is 4.39 Å². The zero-order valence-corrected chi connectivity index (χ0v) is 21.1. The smallest absolute Gasteiger partial charge is 0.256 e. The molecule has 198 valence electrons. The Kier molecular flexibility index (Phi) is 5.22. The molecule has 0 saturated carbocycles. The van der Waals surface area contributed by atoms with Crippen LogP contribution in [0.5, 0.6) is 0 Å². The van der Waals surface area contributed by atoms with E-state index in [1.807, 2.05) is 6.92 Å². The molecule has 1 aromatic carbocycles. The number of aromatic nitrogens is 3. The van der Waals surface area contributed by atoms with Gasteiger partial charge in [-0.1, -0.05) is 5.16 Å². The standard InChI is InChI=1S/C25H25FN6O6/c1-11-9-31-19-13(7-25(21(31)12(2)37-11)16(33)6-17(34)28-24(25)36)5-15-20(18(19)26)38-29-22(15)32-10-14(8-27-32)23(35)30(3)4/h5,8,10-12,21H,6-7,9H2,1-4H3,(H,28,34,36)/t11-,12+,21-,25?/m1/s1. The molecule has 12 nitrogen and oxygen atoms in total. The minimum absolute atomic E-state index is 0.120. The summed E-state index contributed by atoms with van der Waals surface area (Å²) in [4.78, 5) is 54.3. The summed E-state index contributed by atoms with van der Waals surface area (Å²) in [5.41, 5.74) is -0.858. The third kappa shape index (κ3) is 3.24.